The molecule has 1 aromatic rings. The van der Waals surface area contributed by atoms with E-state index in [0.717, 1.165) is 12.1 Å². The van der Waals surface area contributed by atoms with Crippen LogP contribution in [0, 0.1) is 5.41 Å². The van der Waals surface area contributed by atoms with E-state index >= 15 is 0 Å². The van der Waals surface area contributed by atoms with Gasteiger partial charge in [0.25, 0.3) is 0 Å². The lowest BCUT2D eigenvalue weighted by Gasteiger charge is -2.07. The fraction of sp³-hybridized carbons (Fsp3) is 0.538. The minimum absolute atomic E-state index is 0.128. The van der Waals surface area contributed by atoms with Crippen LogP contribution in [0.4, 0.5) is 0 Å². The van der Waals surface area contributed by atoms with Gasteiger partial charge in [0.2, 0.25) is 0 Å². The van der Waals surface area contributed by atoms with Gasteiger partial charge in [-0.05, 0) is 23.0 Å². The van der Waals surface area contributed by atoms with Crippen molar-refractivity contribution in [1.82, 2.24) is 5.32 Å². The maximum absolute atomic E-state index is 8.91. The third-order valence-corrected chi connectivity index (χ3v) is 3.27. The standard InChI is InChI=1S/C13H19NO/c1-13(2)7-12(13)14-8-10-3-5-11(9-15)6-4-10/h3-6,12,14-15H,7-9H2,1-2H3. The minimum atomic E-state index is 0.128. The number of benzene rings is 1. The Morgan fingerprint density at radius 1 is 1.27 bits per heavy atom. The molecule has 0 heterocycles. The normalized spacial score (nSPS) is 22.7. The van der Waals surface area contributed by atoms with Crippen LogP contribution in [0.25, 0.3) is 0 Å². The Balaban J connectivity index is 1.84. The molecule has 2 nitrogen and oxygen atoms in total. The van der Waals surface area contributed by atoms with Crippen molar-refractivity contribution in [3.05, 3.63) is 35.4 Å². The van der Waals surface area contributed by atoms with Gasteiger partial charge in [0.05, 0.1) is 6.61 Å². The number of nitrogens with one attached hydrogen (secondary N) is 1. The first kappa shape index (κ1) is 10.7. The van der Waals surface area contributed by atoms with E-state index in [1.54, 1.807) is 0 Å². The first-order valence-corrected chi connectivity index (χ1v) is 5.54. The molecule has 0 bridgehead atoms. The molecule has 0 spiro atoms. The summed E-state index contributed by atoms with van der Waals surface area (Å²) in [6.45, 7) is 5.64. The molecule has 15 heavy (non-hydrogen) atoms. The molecule has 1 aliphatic carbocycles. The molecule has 0 aliphatic heterocycles. The molecule has 2 N–H and O–H groups in total. The van der Waals surface area contributed by atoms with Crippen molar-refractivity contribution in [3.63, 3.8) is 0 Å². The zero-order chi connectivity index (χ0) is 10.9. The van der Waals surface area contributed by atoms with Gasteiger partial charge in [-0.15, -0.1) is 0 Å². The molecule has 1 atom stereocenters. The highest BCUT2D eigenvalue weighted by molar-refractivity contribution is 5.22. The van der Waals surface area contributed by atoms with Crippen molar-refractivity contribution in [1.29, 1.82) is 0 Å². The lowest BCUT2D eigenvalue weighted by Crippen LogP contribution is -2.19. The molecule has 0 saturated heterocycles. The number of aliphatic hydroxyl groups is 1. The second-order valence-electron chi connectivity index (χ2n) is 5.10. The van der Waals surface area contributed by atoms with Crippen LogP contribution in [-0.2, 0) is 13.2 Å². The van der Waals surface area contributed by atoms with Crippen molar-refractivity contribution in [2.75, 3.05) is 0 Å². The number of hydrogen-bond acceptors (Lipinski definition) is 2. The molecule has 2 heteroatoms. The van der Waals surface area contributed by atoms with Gasteiger partial charge in [0.1, 0.15) is 0 Å². The molecular weight excluding hydrogens is 186 g/mol. The van der Waals surface area contributed by atoms with Gasteiger partial charge in [0, 0.05) is 12.6 Å². The van der Waals surface area contributed by atoms with E-state index in [1.165, 1.54) is 12.0 Å². The Kier molecular flexibility index (Phi) is 2.81. The lowest BCUT2D eigenvalue weighted by molar-refractivity contribution is 0.282. The van der Waals surface area contributed by atoms with Crippen LogP contribution in [0.5, 0.6) is 0 Å². The van der Waals surface area contributed by atoms with Crippen molar-refractivity contribution < 1.29 is 5.11 Å². The van der Waals surface area contributed by atoms with Crippen molar-refractivity contribution in [2.24, 2.45) is 5.41 Å². The summed E-state index contributed by atoms with van der Waals surface area (Å²) in [6, 6.07) is 8.79. The van der Waals surface area contributed by atoms with Gasteiger partial charge in [0.15, 0.2) is 0 Å². The molecule has 1 saturated carbocycles. The van der Waals surface area contributed by atoms with Crippen molar-refractivity contribution >= 4 is 0 Å². The highest BCUT2D eigenvalue weighted by Crippen LogP contribution is 2.44. The van der Waals surface area contributed by atoms with E-state index in [2.05, 4.69) is 31.3 Å². The topological polar surface area (TPSA) is 32.3 Å². The second-order valence-corrected chi connectivity index (χ2v) is 5.10. The summed E-state index contributed by atoms with van der Waals surface area (Å²) in [4.78, 5) is 0. The Morgan fingerprint density at radius 2 is 1.80 bits per heavy atom. The molecule has 0 aromatic heterocycles. The predicted octanol–water partition coefficient (Wildman–Crippen LogP) is 2.07. The van der Waals surface area contributed by atoms with Gasteiger partial charge in [-0.3, -0.25) is 0 Å². The van der Waals surface area contributed by atoms with E-state index in [4.69, 9.17) is 5.11 Å². The molecular formula is C13H19NO. The Labute approximate surface area is 91.3 Å². The summed E-state index contributed by atoms with van der Waals surface area (Å²) in [6.07, 6.45) is 1.28. The van der Waals surface area contributed by atoms with Crippen LogP contribution in [0.3, 0.4) is 0 Å². The van der Waals surface area contributed by atoms with Crippen LogP contribution >= 0.6 is 0 Å². The fourth-order valence-electron chi connectivity index (χ4n) is 1.82. The number of aliphatic hydroxyl groups excluding tert-OH is 1. The summed E-state index contributed by atoms with van der Waals surface area (Å²) >= 11 is 0. The second kappa shape index (κ2) is 3.95. The predicted molar refractivity (Wildman–Crippen MR) is 61.4 cm³/mol. The minimum Gasteiger partial charge on any atom is -0.392 e. The lowest BCUT2D eigenvalue weighted by atomic mass is 10.1. The summed E-state index contributed by atoms with van der Waals surface area (Å²) in [5, 5.41) is 12.4. The van der Waals surface area contributed by atoms with Gasteiger partial charge >= 0.3 is 0 Å². The van der Waals surface area contributed by atoms with Crippen molar-refractivity contribution in [3.8, 4) is 0 Å². The van der Waals surface area contributed by atoms with Crippen LogP contribution in [0.2, 0.25) is 0 Å². The van der Waals surface area contributed by atoms with E-state index in [0.29, 0.717) is 11.5 Å². The zero-order valence-corrected chi connectivity index (χ0v) is 9.46. The fourth-order valence-corrected chi connectivity index (χ4v) is 1.82. The third kappa shape index (κ3) is 2.58. The quantitative estimate of drug-likeness (QED) is 0.788. The van der Waals surface area contributed by atoms with Gasteiger partial charge in [-0.25, -0.2) is 0 Å². The summed E-state index contributed by atoms with van der Waals surface area (Å²) in [5.41, 5.74) is 2.76. The van der Waals surface area contributed by atoms with E-state index in [1.807, 2.05) is 12.1 Å². The van der Waals surface area contributed by atoms with Gasteiger partial charge in [-0.1, -0.05) is 38.1 Å². The summed E-state index contributed by atoms with van der Waals surface area (Å²) < 4.78 is 0. The number of hydrogen-bond donors (Lipinski definition) is 2. The molecule has 1 unspecified atom stereocenters. The maximum Gasteiger partial charge on any atom is 0.0681 e. The number of rotatable bonds is 4. The van der Waals surface area contributed by atoms with E-state index < -0.39 is 0 Å². The first-order chi connectivity index (χ1) is 7.12. The smallest absolute Gasteiger partial charge is 0.0681 e. The monoisotopic (exact) mass is 205 g/mol. The van der Waals surface area contributed by atoms with E-state index in [9.17, 15) is 0 Å². The highest BCUT2D eigenvalue weighted by atomic mass is 16.3. The zero-order valence-electron chi connectivity index (χ0n) is 9.46. The average Bonchev–Trinajstić information content (AvgIpc) is 2.84. The van der Waals surface area contributed by atoms with Crippen LogP contribution < -0.4 is 5.32 Å². The van der Waals surface area contributed by atoms with Crippen molar-refractivity contribution in [2.45, 2.75) is 39.5 Å². The highest BCUT2D eigenvalue weighted by Gasteiger charge is 2.44. The Bertz CT molecular complexity index is 329. The molecule has 2 rings (SSSR count). The Hall–Kier alpha value is -0.860. The van der Waals surface area contributed by atoms with Crippen LogP contribution in [0.15, 0.2) is 24.3 Å². The first-order valence-electron chi connectivity index (χ1n) is 5.54. The Morgan fingerprint density at radius 3 is 2.27 bits per heavy atom. The molecule has 1 fully saturated rings. The molecule has 0 radical (unpaired) electrons. The largest absolute Gasteiger partial charge is 0.392 e. The molecule has 82 valence electrons. The third-order valence-electron chi connectivity index (χ3n) is 3.27. The summed E-state index contributed by atoms with van der Waals surface area (Å²) in [5.74, 6) is 0. The molecule has 0 amide bonds. The van der Waals surface area contributed by atoms with E-state index in [-0.39, 0.29) is 6.61 Å². The summed E-state index contributed by atoms with van der Waals surface area (Å²) in [7, 11) is 0. The molecule has 1 aromatic carbocycles. The SMILES string of the molecule is CC1(C)CC1NCc1ccc(CO)cc1. The van der Waals surface area contributed by atoms with Gasteiger partial charge in [-0.2, -0.15) is 0 Å². The maximum atomic E-state index is 8.91. The average molecular weight is 205 g/mol. The van der Waals surface area contributed by atoms with Gasteiger partial charge < -0.3 is 10.4 Å². The molecule has 1 aliphatic rings. The van der Waals surface area contributed by atoms with Crippen LogP contribution in [-0.4, -0.2) is 11.1 Å². The van der Waals surface area contributed by atoms with Crippen LogP contribution in [0.1, 0.15) is 31.4 Å².